The van der Waals surface area contributed by atoms with Gasteiger partial charge in [0.15, 0.2) is 6.10 Å². The van der Waals surface area contributed by atoms with Gasteiger partial charge >= 0.3 is 5.97 Å². The van der Waals surface area contributed by atoms with Gasteiger partial charge in [0.2, 0.25) is 0 Å². The van der Waals surface area contributed by atoms with E-state index in [0.29, 0.717) is 23.7 Å². The fourth-order valence-electron chi connectivity index (χ4n) is 1.76. The number of carbonyl (C=O) groups is 2. The zero-order valence-electron chi connectivity index (χ0n) is 13.3. The van der Waals surface area contributed by atoms with Crippen LogP contribution in [-0.2, 0) is 9.53 Å². The Bertz CT molecular complexity index is 652. The van der Waals surface area contributed by atoms with Gasteiger partial charge in [-0.15, -0.1) is 5.10 Å². The van der Waals surface area contributed by atoms with Gasteiger partial charge in [0.1, 0.15) is 6.33 Å². The number of benzene rings is 1. The summed E-state index contributed by atoms with van der Waals surface area (Å²) in [6.07, 6.45) is 0.606. The van der Waals surface area contributed by atoms with E-state index in [4.69, 9.17) is 4.74 Å². The highest BCUT2D eigenvalue weighted by Gasteiger charge is 2.18. The van der Waals surface area contributed by atoms with Crippen molar-refractivity contribution < 1.29 is 14.3 Å². The molecular weight excluding hydrogens is 298 g/mol. The SMILES string of the molecule is CC(C)CNC(=O)[C@@H](C)OC(=O)c1ccc(-n2cnnn2)cc1. The van der Waals surface area contributed by atoms with E-state index in [2.05, 4.69) is 20.8 Å². The molecule has 1 atom stereocenters. The average molecular weight is 317 g/mol. The number of aromatic nitrogens is 4. The second-order valence-electron chi connectivity index (χ2n) is 5.49. The van der Waals surface area contributed by atoms with Gasteiger partial charge in [-0.05, 0) is 47.5 Å². The summed E-state index contributed by atoms with van der Waals surface area (Å²) >= 11 is 0. The molecule has 0 aliphatic heterocycles. The Morgan fingerprint density at radius 2 is 1.91 bits per heavy atom. The number of hydrogen-bond acceptors (Lipinski definition) is 6. The fraction of sp³-hybridized carbons (Fsp3) is 0.400. The number of nitrogens with one attached hydrogen (secondary N) is 1. The quantitative estimate of drug-likeness (QED) is 0.797. The topological polar surface area (TPSA) is 99.0 Å². The van der Waals surface area contributed by atoms with E-state index in [9.17, 15) is 9.59 Å². The Balaban J connectivity index is 1.94. The Morgan fingerprint density at radius 1 is 1.22 bits per heavy atom. The van der Waals surface area contributed by atoms with E-state index in [1.807, 2.05) is 13.8 Å². The third-order valence-electron chi connectivity index (χ3n) is 3.05. The van der Waals surface area contributed by atoms with Gasteiger partial charge in [0.25, 0.3) is 5.91 Å². The molecule has 0 spiro atoms. The molecule has 0 saturated carbocycles. The monoisotopic (exact) mass is 317 g/mol. The Labute approximate surface area is 133 Å². The van der Waals surface area contributed by atoms with Crippen molar-refractivity contribution >= 4 is 11.9 Å². The van der Waals surface area contributed by atoms with Gasteiger partial charge < -0.3 is 10.1 Å². The van der Waals surface area contributed by atoms with Gasteiger partial charge in [0.05, 0.1) is 11.3 Å². The van der Waals surface area contributed by atoms with E-state index >= 15 is 0 Å². The van der Waals surface area contributed by atoms with Crippen molar-refractivity contribution in [2.45, 2.75) is 26.9 Å². The third-order valence-corrected chi connectivity index (χ3v) is 3.05. The summed E-state index contributed by atoms with van der Waals surface area (Å²) in [5, 5.41) is 13.6. The van der Waals surface area contributed by atoms with Crippen LogP contribution in [0.5, 0.6) is 0 Å². The van der Waals surface area contributed by atoms with Crippen LogP contribution in [0.3, 0.4) is 0 Å². The van der Waals surface area contributed by atoms with Crippen molar-refractivity contribution in [2.24, 2.45) is 5.92 Å². The number of carbonyl (C=O) groups excluding carboxylic acids is 2. The maximum Gasteiger partial charge on any atom is 0.338 e. The van der Waals surface area contributed by atoms with Crippen molar-refractivity contribution in [3.05, 3.63) is 36.2 Å². The minimum Gasteiger partial charge on any atom is -0.449 e. The number of nitrogens with zero attached hydrogens (tertiary/aromatic N) is 4. The molecule has 0 aliphatic rings. The molecule has 0 bridgehead atoms. The van der Waals surface area contributed by atoms with Crippen LogP contribution in [0.2, 0.25) is 0 Å². The molecule has 122 valence electrons. The second kappa shape index (κ2) is 7.48. The van der Waals surface area contributed by atoms with Crippen LogP contribution >= 0.6 is 0 Å². The van der Waals surface area contributed by atoms with Crippen LogP contribution < -0.4 is 5.32 Å². The minimum absolute atomic E-state index is 0.308. The summed E-state index contributed by atoms with van der Waals surface area (Å²) in [4.78, 5) is 23.9. The largest absolute Gasteiger partial charge is 0.449 e. The van der Waals surface area contributed by atoms with Gasteiger partial charge in [-0.2, -0.15) is 0 Å². The lowest BCUT2D eigenvalue weighted by Crippen LogP contribution is -2.37. The molecule has 1 aromatic heterocycles. The molecule has 0 unspecified atom stereocenters. The van der Waals surface area contributed by atoms with Crippen LogP contribution in [0.4, 0.5) is 0 Å². The van der Waals surface area contributed by atoms with E-state index in [0.717, 1.165) is 0 Å². The maximum atomic E-state index is 12.0. The Kier molecular flexibility index (Phi) is 5.40. The highest BCUT2D eigenvalue weighted by molar-refractivity contribution is 5.92. The number of amides is 1. The first-order chi connectivity index (χ1) is 11.0. The van der Waals surface area contributed by atoms with E-state index in [-0.39, 0.29) is 5.91 Å². The molecule has 1 heterocycles. The second-order valence-corrected chi connectivity index (χ2v) is 5.49. The number of rotatable bonds is 6. The molecule has 0 fully saturated rings. The Morgan fingerprint density at radius 3 is 2.48 bits per heavy atom. The zero-order chi connectivity index (χ0) is 16.8. The first kappa shape index (κ1) is 16.6. The molecule has 0 radical (unpaired) electrons. The highest BCUT2D eigenvalue weighted by atomic mass is 16.5. The molecule has 8 heteroatoms. The number of ether oxygens (including phenoxy) is 1. The van der Waals surface area contributed by atoms with E-state index in [1.165, 1.54) is 11.0 Å². The van der Waals surface area contributed by atoms with E-state index in [1.54, 1.807) is 31.2 Å². The number of tetrazole rings is 1. The molecule has 1 amide bonds. The standard InChI is InChI=1S/C15H19N5O3/c1-10(2)8-16-14(21)11(3)23-15(22)12-4-6-13(7-5-12)20-9-17-18-19-20/h4-7,9-11H,8H2,1-3H3,(H,16,21)/t11-/m1/s1. The highest BCUT2D eigenvalue weighted by Crippen LogP contribution is 2.10. The minimum atomic E-state index is -0.847. The molecule has 0 saturated heterocycles. The summed E-state index contributed by atoms with van der Waals surface area (Å²) in [6, 6.07) is 6.57. The molecule has 1 aromatic carbocycles. The lowest BCUT2D eigenvalue weighted by atomic mass is 10.2. The van der Waals surface area contributed by atoms with E-state index < -0.39 is 12.1 Å². The molecule has 1 N–H and O–H groups in total. The molecule has 2 aromatic rings. The van der Waals surface area contributed by atoms with Gasteiger partial charge in [-0.25, -0.2) is 9.48 Å². The smallest absolute Gasteiger partial charge is 0.338 e. The van der Waals surface area contributed by atoms with Crippen molar-refractivity contribution in [1.82, 2.24) is 25.5 Å². The van der Waals surface area contributed by atoms with Crippen LogP contribution in [0.1, 0.15) is 31.1 Å². The lowest BCUT2D eigenvalue weighted by molar-refractivity contribution is -0.129. The fourth-order valence-corrected chi connectivity index (χ4v) is 1.76. The zero-order valence-corrected chi connectivity index (χ0v) is 13.3. The van der Waals surface area contributed by atoms with Crippen molar-refractivity contribution in [1.29, 1.82) is 0 Å². The molecule has 2 rings (SSSR count). The molecule has 0 aliphatic carbocycles. The van der Waals surface area contributed by atoms with Gasteiger partial charge in [-0.1, -0.05) is 13.8 Å². The third kappa shape index (κ3) is 4.60. The number of hydrogen-bond donors (Lipinski definition) is 1. The normalized spacial score (nSPS) is 12.0. The predicted molar refractivity (Wildman–Crippen MR) is 81.9 cm³/mol. The van der Waals surface area contributed by atoms with Crippen LogP contribution in [0, 0.1) is 5.92 Å². The Hall–Kier alpha value is -2.77. The molecular formula is C15H19N5O3. The van der Waals surface area contributed by atoms with Crippen LogP contribution in [0.25, 0.3) is 5.69 Å². The van der Waals surface area contributed by atoms with Crippen molar-refractivity contribution in [3.8, 4) is 5.69 Å². The first-order valence-corrected chi connectivity index (χ1v) is 7.29. The summed E-state index contributed by atoms with van der Waals surface area (Å²) in [5.74, 6) is -0.529. The van der Waals surface area contributed by atoms with Gasteiger partial charge in [-0.3, -0.25) is 4.79 Å². The summed E-state index contributed by atoms with van der Waals surface area (Å²) in [7, 11) is 0. The average Bonchev–Trinajstić information content (AvgIpc) is 3.07. The molecule has 8 nitrogen and oxygen atoms in total. The van der Waals surface area contributed by atoms with Crippen LogP contribution in [0.15, 0.2) is 30.6 Å². The summed E-state index contributed by atoms with van der Waals surface area (Å²) < 4.78 is 6.63. The summed E-state index contributed by atoms with van der Waals surface area (Å²) in [6.45, 7) is 6.07. The lowest BCUT2D eigenvalue weighted by Gasteiger charge is -2.14. The maximum absolute atomic E-state index is 12.0. The molecule has 23 heavy (non-hydrogen) atoms. The van der Waals surface area contributed by atoms with Gasteiger partial charge in [0, 0.05) is 6.54 Å². The summed E-state index contributed by atoms with van der Waals surface area (Å²) in [5.41, 5.74) is 1.07. The van der Waals surface area contributed by atoms with Crippen molar-refractivity contribution in [3.63, 3.8) is 0 Å². The van der Waals surface area contributed by atoms with Crippen molar-refractivity contribution in [2.75, 3.05) is 6.54 Å². The van der Waals surface area contributed by atoms with Crippen LogP contribution in [-0.4, -0.2) is 44.7 Å². The number of esters is 1. The first-order valence-electron chi connectivity index (χ1n) is 7.29. The predicted octanol–water partition coefficient (Wildman–Crippen LogP) is 0.980.